The van der Waals surface area contributed by atoms with Gasteiger partial charge in [-0.1, -0.05) is 78.3 Å². The van der Waals surface area contributed by atoms with Crippen molar-refractivity contribution in [3.8, 4) is 0 Å². The second kappa shape index (κ2) is 11.5. The van der Waals surface area contributed by atoms with Crippen LogP contribution in [0.3, 0.4) is 0 Å². The molecular formula is C31H28ClN3O3. The number of furan rings is 1. The molecule has 0 spiro atoms. The maximum atomic E-state index is 13.9. The number of nitrogens with one attached hydrogen (secondary N) is 1. The molecule has 1 heterocycles. The molecule has 192 valence electrons. The Balaban J connectivity index is 1.43. The van der Waals surface area contributed by atoms with Crippen LogP contribution in [0.4, 0.5) is 0 Å². The summed E-state index contributed by atoms with van der Waals surface area (Å²) in [7, 11) is 0. The average Bonchev–Trinajstić information content (AvgIpc) is 3.29. The van der Waals surface area contributed by atoms with Crippen molar-refractivity contribution >= 4 is 29.1 Å². The van der Waals surface area contributed by atoms with Crippen molar-refractivity contribution in [2.45, 2.75) is 39.3 Å². The summed E-state index contributed by atoms with van der Waals surface area (Å²) in [5, 5.41) is 4.91. The molecule has 0 radical (unpaired) electrons. The predicted molar refractivity (Wildman–Crippen MR) is 148 cm³/mol. The molecule has 0 atom stereocenters. The minimum Gasteiger partial charge on any atom is -0.455 e. The third-order valence-corrected chi connectivity index (χ3v) is 6.85. The van der Waals surface area contributed by atoms with E-state index in [1.54, 1.807) is 29.2 Å². The summed E-state index contributed by atoms with van der Waals surface area (Å²) in [5.41, 5.74) is 7.41. The summed E-state index contributed by atoms with van der Waals surface area (Å²) in [4.78, 5) is 28.3. The van der Waals surface area contributed by atoms with E-state index in [1.165, 1.54) is 0 Å². The first kappa shape index (κ1) is 25.5. The molecule has 0 saturated carbocycles. The van der Waals surface area contributed by atoms with Crippen molar-refractivity contribution in [3.05, 3.63) is 129 Å². The number of aryl methyl sites for hydroxylation is 1. The van der Waals surface area contributed by atoms with Gasteiger partial charge in [0.1, 0.15) is 5.76 Å². The van der Waals surface area contributed by atoms with E-state index in [4.69, 9.17) is 16.0 Å². The summed E-state index contributed by atoms with van der Waals surface area (Å²) in [6.45, 7) is 2.80. The van der Waals surface area contributed by atoms with E-state index >= 15 is 0 Å². The summed E-state index contributed by atoms with van der Waals surface area (Å²) in [6.07, 6.45) is 2.20. The average molecular weight is 526 g/mol. The molecule has 1 aromatic heterocycles. The first-order chi connectivity index (χ1) is 18.5. The Hall–Kier alpha value is -4.16. The monoisotopic (exact) mass is 525 g/mol. The fraction of sp³-hybridized carbons (Fsp3) is 0.194. The van der Waals surface area contributed by atoms with E-state index in [0.717, 1.165) is 34.4 Å². The molecule has 6 nitrogen and oxygen atoms in total. The lowest BCUT2D eigenvalue weighted by Crippen LogP contribution is -2.30. The number of hydrogen-bond acceptors (Lipinski definition) is 4. The van der Waals surface area contributed by atoms with Crippen LogP contribution in [-0.4, -0.2) is 22.4 Å². The molecule has 0 bridgehead atoms. The van der Waals surface area contributed by atoms with Crippen LogP contribution in [0.5, 0.6) is 0 Å². The molecule has 38 heavy (non-hydrogen) atoms. The lowest BCUT2D eigenvalue weighted by Gasteiger charge is -2.22. The van der Waals surface area contributed by atoms with Crippen LogP contribution in [0.15, 0.2) is 94.4 Å². The predicted octanol–water partition coefficient (Wildman–Crippen LogP) is 6.55. The van der Waals surface area contributed by atoms with Crippen LogP contribution in [0.25, 0.3) is 0 Å². The minimum atomic E-state index is -0.346. The molecule has 0 saturated heterocycles. The van der Waals surface area contributed by atoms with E-state index in [2.05, 4.69) is 10.5 Å². The van der Waals surface area contributed by atoms with E-state index < -0.39 is 0 Å². The Kier molecular flexibility index (Phi) is 7.70. The zero-order valence-corrected chi connectivity index (χ0v) is 21.9. The highest BCUT2D eigenvalue weighted by atomic mass is 35.5. The number of carbonyl (C=O) groups is 2. The van der Waals surface area contributed by atoms with E-state index in [-0.39, 0.29) is 11.8 Å². The van der Waals surface area contributed by atoms with Gasteiger partial charge in [-0.05, 0) is 49.1 Å². The van der Waals surface area contributed by atoms with Crippen molar-refractivity contribution in [2.75, 3.05) is 0 Å². The number of benzene rings is 3. The van der Waals surface area contributed by atoms with E-state index in [0.29, 0.717) is 48.0 Å². The van der Waals surface area contributed by atoms with Crippen molar-refractivity contribution in [1.29, 1.82) is 0 Å². The molecule has 2 amide bonds. The van der Waals surface area contributed by atoms with Crippen LogP contribution >= 0.6 is 11.6 Å². The Morgan fingerprint density at radius 1 is 0.921 bits per heavy atom. The second-order valence-electron chi connectivity index (χ2n) is 9.35. The number of amides is 2. The van der Waals surface area contributed by atoms with Gasteiger partial charge in [-0.2, -0.15) is 5.10 Å². The highest BCUT2D eigenvalue weighted by Crippen LogP contribution is 2.31. The third kappa shape index (κ3) is 5.71. The summed E-state index contributed by atoms with van der Waals surface area (Å²) >= 11 is 6.02. The van der Waals surface area contributed by atoms with Crippen LogP contribution in [-0.2, 0) is 19.5 Å². The number of nitrogens with zero attached hydrogens (tertiary/aromatic N) is 2. The minimum absolute atomic E-state index is 0.174. The Bertz CT molecular complexity index is 1440. The topological polar surface area (TPSA) is 74.9 Å². The number of carbonyl (C=O) groups excluding carboxylic acids is 2. The standard InChI is InChI=1S/C31H28ClN3O3/c1-21-28-26(33-34-30(36)24-14-8-15-25(32)18-24)16-9-17-27(28)38-29(21)31(37)35(19-22-10-4-2-5-11-22)20-23-12-6-3-7-13-23/h2-8,10-15,18H,9,16-17,19-20H2,1H3,(H,34,36)/b33-26+. The van der Waals surface area contributed by atoms with Crippen LogP contribution in [0.2, 0.25) is 5.02 Å². The fourth-order valence-corrected chi connectivity index (χ4v) is 4.94. The summed E-state index contributed by atoms with van der Waals surface area (Å²) in [6, 6.07) is 26.6. The molecule has 7 heteroatoms. The zero-order chi connectivity index (χ0) is 26.5. The van der Waals surface area contributed by atoms with Crippen molar-refractivity contribution in [2.24, 2.45) is 5.10 Å². The van der Waals surface area contributed by atoms with Gasteiger partial charge in [-0.15, -0.1) is 0 Å². The molecular weight excluding hydrogens is 498 g/mol. The highest BCUT2D eigenvalue weighted by Gasteiger charge is 2.30. The summed E-state index contributed by atoms with van der Waals surface area (Å²) in [5.74, 6) is 0.526. The van der Waals surface area contributed by atoms with E-state index in [1.807, 2.05) is 67.6 Å². The van der Waals surface area contributed by atoms with Gasteiger partial charge < -0.3 is 9.32 Å². The van der Waals surface area contributed by atoms with Crippen LogP contribution in [0, 0.1) is 6.92 Å². The van der Waals surface area contributed by atoms with Gasteiger partial charge in [0.2, 0.25) is 0 Å². The molecule has 5 rings (SSSR count). The van der Waals surface area contributed by atoms with Crippen molar-refractivity contribution < 1.29 is 14.0 Å². The van der Waals surface area contributed by atoms with Gasteiger partial charge in [-0.25, -0.2) is 5.43 Å². The molecule has 0 unspecified atom stereocenters. The maximum absolute atomic E-state index is 13.9. The molecule has 1 aliphatic rings. The molecule has 0 aliphatic heterocycles. The Morgan fingerprint density at radius 3 is 2.21 bits per heavy atom. The quantitative estimate of drug-likeness (QED) is 0.278. The van der Waals surface area contributed by atoms with Gasteiger partial charge in [0, 0.05) is 41.2 Å². The van der Waals surface area contributed by atoms with E-state index in [9.17, 15) is 9.59 Å². The van der Waals surface area contributed by atoms with Gasteiger partial charge in [0.15, 0.2) is 5.76 Å². The first-order valence-electron chi connectivity index (χ1n) is 12.6. The van der Waals surface area contributed by atoms with Gasteiger partial charge in [0.25, 0.3) is 11.8 Å². The second-order valence-corrected chi connectivity index (χ2v) is 9.79. The van der Waals surface area contributed by atoms with Crippen molar-refractivity contribution in [3.63, 3.8) is 0 Å². The first-order valence-corrected chi connectivity index (χ1v) is 13.0. The normalized spacial score (nSPS) is 13.7. The fourth-order valence-electron chi connectivity index (χ4n) is 4.75. The molecule has 1 N–H and O–H groups in total. The van der Waals surface area contributed by atoms with Gasteiger partial charge >= 0.3 is 0 Å². The lowest BCUT2D eigenvalue weighted by molar-refractivity contribution is 0.0694. The zero-order valence-electron chi connectivity index (χ0n) is 21.1. The highest BCUT2D eigenvalue weighted by molar-refractivity contribution is 6.31. The number of halogens is 1. The molecule has 0 fully saturated rings. The maximum Gasteiger partial charge on any atom is 0.290 e. The number of rotatable bonds is 7. The number of hydrogen-bond donors (Lipinski definition) is 1. The lowest BCUT2D eigenvalue weighted by atomic mass is 9.93. The summed E-state index contributed by atoms with van der Waals surface area (Å²) < 4.78 is 6.19. The smallest absolute Gasteiger partial charge is 0.290 e. The molecule has 3 aromatic carbocycles. The molecule has 4 aromatic rings. The number of hydrazone groups is 1. The van der Waals surface area contributed by atoms with Crippen LogP contribution < -0.4 is 5.43 Å². The van der Waals surface area contributed by atoms with Gasteiger partial charge in [-0.3, -0.25) is 9.59 Å². The van der Waals surface area contributed by atoms with Crippen molar-refractivity contribution in [1.82, 2.24) is 10.3 Å². The molecule has 1 aliphatic carbocycles. The Labute approximate surface area is 226 Å². The van der Waals surface area contributed by atoms with Gasteiger partial charge in [0.05, 0.1) is 5.71 Å². The largest absolute Gasteiger partial charge is 0.455 e. The van der Waals surface area contributed by atoms with Crippen LogP contribution in [0.1, 0.15) is 61.8 Å². The number of fused-ring (bicyclic) bond motifs is 1. The SMILES string of the molecule is Cc1c(C(=O)N(Cc2ccccc2)Cc2ccccc2)oc2c1/C(=N/NC(=O)c1cccc(Cl)c1)CCC2. The third-order valence-electron chi connectivity index (χ3n) is 6.62. The Morgan fingerprint density at radius 2 is 1.58 bits per heavy atom.